The van der Waals surface area contributed by atoms with Gasteiger partial charge in [0.2, 0.25) is 5.91 Å². The average Bonchev–Trinajstić information content (AvgIpc) is 3.04. The zero-order valence-electron chi connectivity index (χ0n) is 12.7. The summed E-state index contributed by atoms with van der Waals surface area (Å²) >= 11 is 1.55. The number of carbonyl (C=O) groups is 1. The van der Waals surface area contributed by atoms with Crippen molar-refractivity contribution in [3.63, 3.8) is 0 Å². The van der Waals surface area contributed by atoms with Gasteiger partial charge in [-0.05, 0) is 12.1 Å². The number of thiazole rings is 1. The van der Waals surface area contributed by atoms with Crippen molar-refractivity contribution in [1.82, 2.24) is 4.98 Å². The minimum absolute atomic E-state index is 0.0943. The summed E-state index contributed by atoms with van der Waals surface area (Å²) in [6, 6.07) is 17.2. The molecule has 5 heteroatoms. The minimum Gasteiger partial charge on any atom is -0.497 e. The van der Waals surface area contributed by atoms with Crippen LogP contribution in [0.1, 0.15) is 5.69 Å². The molecule has 0 bridgehead atoms. The number of nitrogens with one attached hydrogen (secondary N) is 1. The fourth-order valence-corrected chi connectivity index (χ4v) is 3.00. The van der Waals surface area contributed by atoms with E-state index in [1.54, 1.807) is 24.5 Å². The number of nitrogens with zero attached hydrogens (tertiary/aromatic N) is 1. The standard InChI is InChI=1S/C18H16N2O2S/c1-22-16-9-5-8-14(10-16)19-17(21)11-15-12-23-18(20-15)13-6-3-2-4-7-13/h2-10,12H,11H2,1H3,(H,19,21). The van der Waals surface area contributed by atoms with Gasteiger partial charge in [-0.3, -0.25) is 4.79 Å². The van der Waals surface area contributed by atoms with E-state index in [4.69, 9.17) is 4.74 Å². The van der Waals surface area contributed by atoms with Gasteiger partial charge in [-0.25, -0.2) is 4.98 Å². The quantitative estimate of drug-likeness (QED) is 0.772. The molecule has 4 nitrogen and oxygen atoms in total. The summed E-state index contributed by atoms with van der Waals surface area (Å²) in [4.78, 5) is 16.7. The zero-order chi connectivity index (χ0) is 16.1. The molecule has 0 saturated heterocycles. The highest BCUT2D eigenvalue weighted by molar-refractivity contribution is 7.13. The second kappa shape index (κ2) is 7.07. The molecule has 0 aliphatic rings. The highest BCUT2D eigenvalue weighted by atomic mass is 32.1. The van der Waals surface area contributed by atoms with Gasteiger partial charge in [-0.2, -0.15) is 0 Å². The van der Waals surface area contributed by atoms with Crippen molar-refractivity contribution in [2.45, 2.75) is 6.42 Å². The van der Waals surface area contributed by atoms with Gasteiger partial charge < -0.3 is 10.1 Å². The lowest BCUT2D eigenvalue weighted by molar-refractivity contribution is -0.115. The number of hydrogen-bond acceptors (Lipinski definition) is 4. The number of hydrogen-bond donors (Lipinski definition) is 1. The van der Waals surface area contributed by atoms with E-state index in [-0.39, 0.29) is 12.3 Å². The Balaban J connectivity index is 1.65. The third-order valence-electron chi connectivity index (χ3n) is 3.27. The van der Waals surface area contributed by atoms with Gasteiger partial charge in [0.1, 0.15) is 10.8 Å². The molecule has 116 valence electrons. The van der Waals surface area contributed by atoms with Crippen LogP contribution < -0.4 is 10.1 Å². The molecule has 0 fully saturated rings. The molecule has 23 heavy (non-hydrogen) atoms. The predicted octanol–water partition coefficient (Wildman–Crippen LogP) is 4.00. The van der Waals surface area contributed by atoms with Gasteiger partial charge in [-0.1, -0.05) is 36.4 Å². The largest absolute Gasteiger partial charge is 0.497 e. The Morgan fingerprint density at radius 2 is 2.00 bits per heavy atom. The molecule has 0 radical (unpaired) electrons. The van der Waals surface area contributed by atoms with Gasteiger partial charge in [-0.15, -0.1) is 11.3 Å². The molecule has 0 unspecified atom stereocenters. The van der Waals surface area contributed by atoms with E-state index in [1.165, 1.54) is 0 Å². The summed E-state index contributed by atoms with van der Waals surface area (Å²) < 4.78 is 5.15. The number of anilines is 1. The molecule has 2 aromatic carbocycles. The molecule has 0 atom stereocenters. The third-order valence-corrected chi connectivity index (χ3v) is 4.21. The lowest BCUT2D eigenvalue weighted by Crippen LogP contribution is -2.14. The Kier molecular flexibility index (Phi) is 4.68. The van der Waals surface area contributed by atoms with E-state index in [0.717, 1.165) is 16.3 Å². The number of ether oxygens (including phenoxy) is 1. The number of aromatic nitrogens is 1. The van der Waals surface area contributed by atoms with Crippen LogP contribution in [0.2, 0.25) is 0 Å². The molecule has 1 amide bonds. The van der Waals surface area contributed by atoms with Crippen LogP contribution in [0.4, 0.5) is 5.69 Å². The van der Waals surface area contributed by atoms with Crippen LogP contribution in [0, 0.1) is 0 Å². The molecule has 3 aromatic rings. The number of carbonyl (C=O) groups excluding carboxylic acids is 1. The summed E-state index contributed by atoms with van der Waals surface area (Å²) in [7, 11) is 1.60. The second-order valence-corrected chi connectivity index (χ2v) is 5.83. The van der Waals surface area contributed by atoms with Crippen molar-refractivity contribution in [2.24, 2.45) is 0 Å². The highest BCUT2D eigenvalue weighted by Gasteiger charge is 2.09. The van der Waals surface area contributed by atoms with Crippen molar-refractivity contribution in [3.05, 3.63) is 65.7 Å². The first-order valence-electron chi connectivity index (χ1n) is 7.18. The smallest absolute Gasteiger partial charge is 0.230 e. The lowest BCUT2D eigenvalue weighted by atomic mass is 10.2. The Bertz CT molecular complexity index is 800. The van der Waals surface area contributed by atoms with E-state index in [9.17, 15) is 4.79 Å². The van der Waals surface area contributed by atoms with Gasteiger partial charge >= 0.3 is 0 Å². The Labute approximate surface area is 138 Å². The van der Waals surface area contributed by atoms with Crippen molar-refractivity contribution >= 4 is 22.9 Å². The number of benzene rings is 2. The maximum atomic E-state index is 12.1. The molecule has 1 N–H and O–H groups in total. The van der Waals surface area contributed by atoms with Crippen molar-refractivity contribution < 1.29 is 9.53 Å². The van der Waals surface area contributed by atoms with E-state index >= 15 is 0 Å². The highest BCUT2D eigenvalue weighted by Crippen LogP contribution is 2.23. The lowest BCUT2D eigenvalue weighted by Gasteiger charge is -2.06. The van der Waals surface area contributed by atoms with Crippen LogP contribution in [0.25, 0.3) is 10.6 Å². The maximum absolute atomic E-state index is 12.1. The Morgan fingerprint density at radius 3 is 2.78 bits per heavy atom. The summed E-state index contributed by atoms with van der Waals surface area (Å²) in [6.45, 7) is 0. The maximum Gasteiger partial charge on any atom is 0.230 e. The topological polar surface area (TPSA) is 51.2 Å². The Hall–Kier alpha value is -2.66. The normalized spacial score (nSPS) is 10.3. The van der Waals surface area contributed by atoms with E-state index in [1.807, 2.05) is 53.9 Å². The van der Waals surface area contributed by atoms with Crippen LogP contribution in [-0.2, 0) is 11.2 Å². The van der Waals surface area contributed by atoms with Crippen molar-refractivity contribution in [3.8, 4) is 16.3 Å². The first kappa shape index (κ1) is 15.2. The molecule has 1 aromatic heterocycles. The summed E-state index contributed by atoms with van der Waals surface area (Å²) in [5.41, 5.74) is 2.55. The predicted molar refractivity (Wildman–Crippen MR) is 92.9 cm³/mol. The number of methoxy groups -OCH3 is 1. The summed E-state index contributed by atoms with van der Waals surface area (Å²) in [6.07, 6.45) is 0.251. The van der Waals surface area contributed by atoms with E-state index in [2.05, 4.69) is 10.3 Å². The van der Waals surface area contributed by atoms with Gasteiger partial charge in [0.15, 0.2) is 0 Å². The van der Waals surface area contributed by atoms with Crippen LogP contribution in [0.15, 0.2) is 60.0 Å². The minimum atomic E-state index is -0.0943. The van der Waals surface area contributed by atoms with Crippen molar-refractivity contribution in [1.29, 1.82) is 0 Å². The van der Waals surface area contributed by atoms with Gasteiger partial charge in [0.25, 0.3) is 0 Å². The van der Waals surface area contributed by atoms with Crippen LogP contribution in [-0.4, -0.2) is 18.0 Å². The summed E-state index contributed by atoms with van der Waals surface area (Å²) in [5.74, 6) is 0.617. The van der Waals surface area contributed by atoms with E-state index in [0.29, 0.717) is 11.4 Å². The van der Waals surface area contributed by atoms with Crippen molar-refractivity contribution in [2.75, 3.05) is 12.4 Å². The monoisotopic (exact) mass is 324 g/mol. The van der Waals surface area contributed by atoms with Gasteiger partial charge in [0.05, 0.1) is 19.2 Å². The average molecular weight is 324 g/mol. The molecular weight excluding hydrogens is 308 g/mol. The van der Waals surface area contributed by atoms with E-state index < -0.39 is 0 Å². The molecular formula is C18H16N2O2S. The molecule has 0 saturated carbocycles. The second-order valence-electron chi connectivity index (χ2n) is 4.97. The van der Waals surface area contributed by atoms with Crippen LogP contribution in [0.5, 0.6) is 5.75 Å². The zero-order valence-corrected chi connectivity index (χ0v) is 13.5. The fourth-order valence-electron chi connectivity index (χ4n) is 2.17. The number of rotatable bonds is 5. The molecule has 3 rings (SSSR count). The third kappa shape index (κ3) is 3.96. The van der Waals surface area contributed by atoms with Crippen LogP contribution in [0.3, 0.4) is 0 Å². The molecule has 1 heterocycles. The molecule has 0 aliphatic carbocycles. The molecule has 0 aliphatic heterocycles. The van der Waals surface area contributed by atoms with Crippen LogP contribution >= 0.6 is 11.3 Å². The number of amides is 1. The molecule has 0 spiro atoms. The first-order chi connectivity index (χ1) is 11.2. The van der Waals surface area contributed by atoms with Gasteiger partial charge in [0, 0.05) is 22.7 Å². The SMILES string of the molecule is COc1cccc(NC(=O)Cc2csc(-c3ccccc3)n2)c1. The summed E-state index contributed by atoms with van der Waals surface area (Å²) in [5, 5.41) is 5.71. The Morgan fingerprint density at radius 1 is 1.17 bits per heavy atom. The fraction of sp³-hybridized carbons (Fsp3) is 0.111. The first-order valence-corrected chi connectivity index (χ1v) is 8.06.